The lowest BCUT2D eigenvalue weighted by Gasteiger charge is -2.26. The van der Waals surface area contributed by atoms with Gasteiger partial charge in [0.05, 0.1) is 13.2 Å². The maximum absolute atomic E-state index is 8.73. The Hall–Kier alpha value is -1.27. The molecule has 1 aliphatic heterocycles. The molecule has 0 radical (unpaired) electrons. The van der Waals surface area contributed by atoms with Crippen LogP contribution in [-0.2, 0) is 13.0 Å². The van der Waals surface area contributed by atoms with E-state index in [-0.39, 0.29) is 11.9 Å². The summed E-state index contributed by atoms with van der Waals surface area (Å²) in [5.41, 5.74) is 7.99. The smallest absolute Gasteiger partial charge is 0.153 e. The van der Waals surface area contributed by atoms with Gasteiger partial charge in [-0.2, -0.15) is 0 Å². The SMILES string of the molecule is CC(C)N(C/C(N)=N/O)Cc1cc(Br)cc2c1OCC2. The fourth-order valence-electron chi connectivity index (χ4n) is 2.34. The summed E-state index contributed by atoms with van der Waals surface area (Å²) >= 11 is 3.54. The number of hydrogen-bond donors (Lipinski definition) is 2. The molecule has 1 aliphatic rings. The minimum atomic E-state index is 0.214. The summed E-state index contributed by atoms with van der Waals surface area (Å²) in [5, 5.41) is 11.8. The van der Waals surface area contributed by atoms with E-state index in [1.165, 1.54) is 5.56 Å². The van der Waals surface area contributed by atoms with Gasteiger partial charge in [-0.05, 0) is 31.5 Å². The number of hydrogen-bond acceptors (Lipinski definition) is 4. The van der Waals surface area contributed by atoms with Gasteiger partial charge in [0.25, 0.3) is 0 Å². The van der Waals surface area contributed by atoms with Crippen molar-refractivity contribution in [1.82, 2.24) is 4.90 Å². The maximum Gasteiger partial charge on any atom is 0.153 e. The number of benzene rings is 1. The Morgan fingerprint density at radius 1 is 1.55 bits per heavy atom. The first-order chi connectivity index (χ1) is 9.51. The molecule has 0 atom stereocenters. The molecule has 20 heavy (non-hydrogen) atoms. The van der Waals surface area contributed by atoms with Crippen LogP contribution in [0, 0.1) is 0 Å². The van der Waals surface area contributed by atoms with Crippen LogP contribution < -0.4 is 10.5 Å². The maximum atomic E-state index is 8.73. The second-order valence-corrected chi connectivity index (χ2v) is 6.16. The summed E-state index contributed by atoms with van der Waals surface area (Å²) in [6, 6.07) is 4.47. The third-order valence-electron chi connectivity index (χ3n) is 3.42. The molecule has 0 aromatic heterocycles. The van der Waals surface area contributed by atoms with Crippen molar-refractivity contribution in [3.05, 3.63) is 27.7 Å². The third kappa shape index (κ3) is 3.43. The van der Waals surface area contributed by atoms with Gasteiger partial charge in [-0.15, -0.1) is 0 Å². The van der Waals surface area contributed by atoms with Gasteiger partial charge >= 0.3 is 0 Å². The summed E-state index contributed by atoms with van der Waals surface area (Å²) in [6.07, 6.45) is 0.948. The highest BCUT2D eigenvalue weighted by molar-refractivity contribution is 9.10. The Morgan fingerprint density at radius 2 is 2.30 bits per heavy atom. The molecule has 0 amide bonds. The van der Waals surface area contributed by atoms with E-state index in [9.17, 15) is 0 Å². The average Bonchev–Trinajstić information content (AvgIpc) is 2.85. The van der Waals surface area contributed by atoms with Crippen molar-refractivity contribution in [3.8, 4) is 5.75 Å². The van der Waals surface area contributed by atoms with Gasteiger partial charge in [0.2, 0.25) is 0 Å². The second-order valence-electron chi connectivity index (χ2n) is 5.24. The Morgan fingerprint density at radius 3 is 2.95 bits per heavy atom. The Kier molecular flexibility index (Phi) is 4.88. The lowest BCUT2D eigenvalue weighted by Crippen LogP contribution is -2.38. The molecular weight excluding hydrogens is 322 g/mol. The zero-order valence-corrected chi connectivity index (χ0v) is 13.4. The average molecular weight is 342 g/mol. The van der Waals surface area contributed by atoms with Crippen molar-refractivity contribution < 1.29 is 9.94 Å². The number of amidine groups is 1. The summed E-state index contributed by atoms with van der Waals surface area (Å²) in [4.78, 5) is 2.14. The zero-order chi connectivity index (χ0) is 14.7. The van der Waals surface area contributed by atoms with E-state index in [2.05, 4.69) is 52.0 Å². The molecule has 110 valence electrons. The van der Waals surface area contributed by atoms with Gasteiger partial charge in [-0.1, -0.05) is 21.1 Å². The number of rotatable bonds is 5. The number of nitrogens with two attached hydrogens (primary N) is 1. The molecule has 0 aliphatic carbocycles. The number of nitrogens with zero attached hydrogens (tertiary/aromatic N) is 2. The van der Waals surface area contributed by atoms with Crippen molar-refractivity contribution in [2.45, 2.75) is 32.9 Å². The minimum absolute atomic E-state index is 0.214. The molecule has 0 saturated carbocycles. The van der Waals surface area contributed by atoms with Crippen molar-refractivity contribution in [3.63, 3.8) is 0 Å². The summed E-state index contributed by atoms with van der Waals surface area (Å²) in [6.45, 7) is 6.04. The van der Waals surface area contributed by atoms with E-state index >= 15 is 0 Å². The first-order valence-corrected chi connectivity index (χ1v) is 7.45. The van der Waals surface area contributed by atoms with Crippen LogP contribution in [0.5, 0.6) is 5.75 Å². The number of ether oxygens (including phenoxy) is 1. The van der Waals surface area contributed by atoms with Crippen LogP contribution in [0.1, 0.15) is 25.0 Å². The number of oxime groups is 1. The highest BCUT2D eigenvalue weighted by atomic mass is 79.9. The molecule has 1 heterocycles. The quantitative estimate of drug-likeness (QED) is 0.373. The van der Waals surface area contributed by atoms with Crippen molar-refractivity contribution in [2.75, 3.05) is 13.2 Å². The van der Waals surface area contributed by atoms with E-state index in [0.717, 1.165) is 28.8 Å². The first-order valence-electron chi connectivity index (χ1n) is 6.65. The molecule has 0 unspecified atom stereocenters. The van der Waals surface area contributed by atoms with Crippen LogP contribution in [0.25, 0.3) is 0 Å². The molecule has 0 bridgehead atoms. The molecular formula is C14H20BrN3O2. The van der Waals surface area contributed by atoms with Crippen LogP contribution in [0.15, 0.2) is 21.8 Å². The Labute approximate surface area is 127 Å². The van der Waals surface area contributed by atoms with E-state index in [1.54, 1.807) is 0 Å². The van der Waals surface area contributed by atoms with Crippen molar-refractivity contribution in [1.29, 1.82) is 0 Å². The van der Waals surface area contributed by atoms with Gasteiger partial charge < -0.3 is 15.7 Å². The van der Waals surface area contributed by atoms with Crippen LogP contribution in [0.2, 0.25) is 0 Å². The van der Waals surface area contributed by atoms with Crippen LogP contribution in [0.3, 0.4) is 0 Å². The molecule has 6 heteroatoms. The van der Waals surface area contributed by atoms with Gasteiger partial charge in [0, 0.05) is 29.0 Å². The number of halogens is 1. The lowest BCUT2D eigenvalue weighted by molar-refractivity contribution is 0.234. The topological polar surface area (TPSA) is 71.1 Å². The molecule has 2 rings (SSSR count). The zero-order valence-electron chi connectivity index (χ0n) is 11.8. The molecule has 0 spiro atoms. The second kappa shape index (κ2) is 6.45. The molecule has 3 N–H and O–H groups in total. The molecule has 1 aromatic rings. The van der Waals surface area contributed by atoms with Crippen LogP contribution in [0.4, 0.5) is 0 Å². The summed E-state index contributed by atoms with van der Waals surface area (Å²) in [5.74, 6) is 1.20. The van der Waals surface area contributed by atoms with Crippen LogP contribution in [-0.4, -0.2) is 35.1 Å². The predicted octanol–water partition coefficient (Wildman–Crippen LogP) is 2.34. The van der Waals surface area contributed by atoms with Crippen LogP contribution >= 0.6 is 15.9 Å². The van der Waals surface area contributed by atoms with E-state index in [4.69, 9.17) is 15.7 Å². The highest BCUT2D eigenvalue weighted by Crippen LogP contribution is 2.33. The fraction of sp³-hybridized carbons (Fsp3) is 0.500. The van der Waals surface area contributed by atoms with Gasteiger partial charge in [-0.25, -0.2) is 0 Å². The summed E-state index contributed by atoms with van der Waals surface area (Å²) in [7, 11) is 0. The predicted molar refractivity (Wildman–Crippen MR) is 82.3 cm³/mol. The largest absolute Gasteiger partial charge is 0.493 e. The molecule has 1 aromatic carbocycles. The molecule has 0 saturated heterocycles. The van der Waals surface area contributed by atoms with E-state index in [1.807, 2.05) is 0 Å². The molecule has 5 nitrogen and oxygen atoms in total. The normalized spacial score (nSPS) is 14.8. The van der Waals surface area contributed by atoms with E-state index in [0.29, 0.717) is 13.1 Å². The fourth-order valence-corrected chi connectivity index (χ4v) is 2.90. The first kappa shape index (κ1) is 15.1. The minimum Gasteiger partial charge on any atom is -0.493 e. The van der Waals surface area contributed by atoms with Gasteiger partial charge in [-0.3, -0.25) is 4.90 Å². The van der Waals surface area contributed by atoms with Gasteiger partial charge in [0.1, 0.15) is 5.75 Å². The summed E-state index contributed by atoms with van der Waals surface area (Å²) < 4.78 is 6.80. The van der Waals surface area contributed by atoms with Gasteiger partial charge in [0.15, 0.2) is 5.84 Å². The number of fused-ring (bicyclic) bond motifs is 1. The standard InChI is InChI=1S/C14H20BrN3O2/c1-9(2)18(8-13(16)17-19)7-11-6-12(15)5-10-3-4-20-14(10)11/h5-6,9,19H,3-4,7-8H2,1-2H3,(H2,16,17). The Balaban J connectivity index is 2.23. The molecule has 0 fully saturated rings. The third-order valence-corrected chi connectivity index (χ3v) is 3.88. The monoisotopic (exact) mass is 341 g/mol. The lowest BCUT2D eigenvalue weighted by atomic mass is 10.1. The van der Waals surface area contributed by atoms with E-state index < -0.39 is 0 Å². The van der Waals surface area contributed by atoms with Crippen molar-refractivity contribution >= 4 is 21.8 Å². The highest BCUT2D eigenvalue weighted by Gasteiger charge is 2.20. The Bertz CT molecular complexity index is 517. The van der Waals surface area contributed by atoms with Crippen molar-refractivity contribution in [2.24, 2.45) is 10.9 Å².